The Morgan fingerprint density at radius 2 is 2.22 bits per heavy atom. The number of benzene rings is 1. The number of anilines is 1. The largest absolute Gasteiger partial charge is 0.385 e. The Hall–Kier alpha value is -1.06. The van der Waals surface area contributed by atoms with Crippen LogP contribution in [-0.4, -0.2) is 26.2 Å². The van der Waals surface area contributed by atoms with E-state index in [0.717, 1.165) is 24.1 Å². The van der Waals surface area contributed by atoms with Crippen LogP contribution in [0.1, 0.15) is 24.0 Å². The van der Waals surface area contributed by atoms with Crippen molar-refractivity contribution >= 4 is 23.2 Å². The highest BCUT2D eigenvalue weighted by Gasteiger charge is 2.23. The van der Waals surface area contributed by atoms with Gasteiger partial charge in [-0.25, -0.2) is 0 Å². The van der Waals surface area contributed by atoms with Crippen molar-refractivity contribution in [2.24, 2.45) is 0 Å². The summed E-state index contributed by atoms with van der Waals surface area (Å²) in [6.45, 7) is 1.39. The van der Waals surface area contributed by atoms with Gasteiger partial charge in [0.1, 0.15) is 0 Å². The molecule has 0 radical (unpaired) electrons. The van der Waals surface area contributed by atoms with Crippen molar-refractivity contribution in [3.05, 3.63) is 29.3 Å². The minimum atomic E-state index is 0.199. The molecule has 1 aliphatic heterocycles. The van der Waals surface area contributed by atoms with E-state index in [0.29, 0.717) is 25.5 Å². The molecule has 98 valence electrons. The predicted octanol–water partition coefficient (Wildman–Crippen LogP) is 2.74. The molecule has 1 amide bonds. The molecule has 0 spiro atoms. The molecule has 0 aliphatic carbocycles. The molecule has 0 fully saturated rings. The molecule has 1 aromatic rings. The van der Waals surface area contributed by atoms with Gasteiger partial charge in [-0.3, -0.25) is 4.79 Å². The summed E-state index contributed by atoms with van der Waals surface area (Å²) in [6, 6.07) is 6.16. The molecule has 0 atom stereocenters. The third-order valence-electron chi connectivity index (χ3n) is 3.23. The molecule has 0 saturated carbocycles. The number of fused-ring (bicyclic) bond motifs is 1. The zero-order chi connectivity index (χ0) is 13.0. The fraction of sp³-hybridized carbons (Fsp3) is 0.500. The lowest BCUT2D eigenvalue weighted by atomic mass is 9.99. The lowest BCUT2D eigenvalue weighted by Gasteiger charge is -2.29. The topological polar surface area (TPSA) is 29.5 Å². The SMILES string of the molecule is COCCCN1C(=O)CCc2ccc(CCl)cc21. The summed E-state index contributed by atoms with van der Waals surface area (Å²) in [5.74, 6) is 0.679. The van der Waals surface area contributed by atoms with E-state index in [2.05, 4.69) is 6.07 Å². The number of alkyl halides is 1. The fourth-order valence-corrected chi connectivity index (χ4v) is 2.44. The molecule has 1 aliphatic rings. The Balaban J connectivity index is 2.21. The first-order valence-corrected chi connectivity index (χ1v) is 6.76. The van der Waals surface area contributed by atoms with Crippen LogP contribution in [0.25, 0.3) is 0 Å². The van der Waals surface area contributed by atoms with E-state index in [1.165, 1.54) is 5.56 Å². The highest BCUT2D eigenvalue weighted by molar-refractivity contribution is 6.17. The fourth-order valence-electron chi connectivity index (χ4n) is 2.28. The van der Waals surface area contributed by atoms with Crippen LogP contribution in [0.5, 0.6) is 0 Å². The third-order valence-corrected chi connectivity index (χ3v) is 3.54. The van der Waals surface area contributed by atoms with E-state index >= 15 is 0 Å². The number of hydrogen-bond acceptors (Lipinski definition) is 2. The Morgan fingerprint density at radius 1 is 1.39 bits per heavy atom. The maximum absolute atomic E-state index is 12.0. The monoisotopic (exact) mass is 267 g/mol. The second kappa shape index (κ2) is 6.21. The second-order valence-corrected chi connectivity index (χ2v) is 4.76. The van der Waals surface area contributed by atoms with E-state index < -0.39 is 0 Å². The summed E-state index contributed by atoms with van der Waals surface area (Å²) in [4.78, 5) is 13.9. The van der Waals surface area contributed by atoms with Crippen molar-refractivity contribution in [3.63, 3.8) is 0 Å². The maximum Gasteiger partial charge on any atom is 0.227 e. The first-order chi connectivity index (χ1) is 8.76. The van der Waals surface area contributed by atoms with Gasteiger partial charge >= 0.3 is 0 Å². The molecule has 0 saturated heterocycles. The number of ether oxygens (including phenoxy) is 1. The molecule has 0 unspecified atom stereocenters. The summed E-state index contributed by atoms with van der Waals surface area (Å²) in [7, 11) is 1.68. The van der Waals surface area contributed by atoms with Gasteiger partial charge in [-0.05, 0) is 30.0 Å². The van der Waals surface area contributed by atoms with Gasteiger partial charge in [-0.2, -0.15) is 0 Å². The molecular weight excluding hydrogens is 250 g/mol. The molecule has 1 aromatic carbocycles. The smallest absolute Gasteiger partial charge is 0.227 e. The summed E-state index contributed by atoms with van der Waals surface area (Å²) >= 11 is 5.86. The minimum absolute atomic E-state index is 0.199. The molecule has 0 N–H and O–H groups in total. The van der Waals surface area contributed by atoms with E-state index in [4.69, 9.17) is 16.3 Å². The van der Waals surface area contributed by atoms with Crippen molar-refractivity contribution in [3.8, 4) is 0 Å². The number of amides is 1. The predicted molar refractivity (Wildman–Crippen MR) is 73.2 cm³/mol. The van der Waals surface area contributed by atoms with E-state index in [-0.39, 0.29) is 5.91 Å². The number of nitrogens with zero attached hydrogens (tertiary/aromatic N) is 1. The highest BCUT2D eigenvalue weighted by atomic mass is 35.5. The van der Waals surface area contributed by atoms with Crippen molar-refractivity contribution in [2.45, 2.75) is 25.1 Å². The van der Waals surface area contributed by atoms with Crippen LogP contribution in [0.15, 0.2) is 18.2 Å². The van der Waals surface area contributed by atoms with Gasteiger partial charge in [0.05, 0.1) is 0 Å². The number of aryl methyl sites for hydroxylation is 1. The van der Waals surface area contributed by atoms with Gasteiger partial charge < -0.3 is 9.64 Å². The van der Waals surface area contributed by atoms with Gasteiger partial charge in [0.2, 0.25) is 5.91 Å². The number of carbonyl (C=O) groups is 1. The lowest BCUT2D eigenvalue weighted by molar-refractivity contribution is -0.118. The van der Waals surface area contributed by atoms with Crippen LogP contribution in [0.4, 0.5) is 5.69 Å². The Morgan fingerprint density at radius 3 is 2.94 bits per heavy atom. The summed E-state index contributed by atoms with van der Waals surface area (Å²) in [6.07, 6.45) is 2.28. The normalized spacial score (nSPS) is 14.8. The third kappa shape index (κ3) is 2.85. The molecule has 3 nitrogen and oxygen atoms in total. The van der Waals surface area contributed by atoms with Crippen LogP contribution in [-0.2, 0) is 21.8 Å². The van der Waals surface area contributed by atoms with Gasteiger partial charge in [-0.1, -0.05) is 12.1 Å². The second-order valence-electron chi connectivity index (χ2n) is 4.49. The average molecular weight is 268 g/mol. The Kier molecular flexibility index (Phi) is 4.61. The van der Waals surface area contributed by atoms with E-state index in [1.54, 1.807) is 7.11 Å². The molecule has 18 heavy (non-hydrogen) atoms. The summed E-state index contributed by atoms with van der Waals surface area (Å²) in [5.41, 5.74) is 3.32. The van der Waals surface area contributed by atoms with E-state index in [1.807, 2.05) is 17.0 Å². The first-order valence-electron chi connectivity index (χ1n) is 6.23. The molecule has 0 bridgehead atoms. The maximum atomic E-state index is 12.0. The first kappa shape index (κ1) is 13.4. The van der Waals surface area contributed by atoms with Gasteiger partial charge in [0.25, 0.3) is 0 Å². The Bertz CT molecular complexity index is 434. The van der Waals surface area contributed by atoms with Crippen molar-refractivity contribution < 1.29 is 9.53 Å². The van der Waals surface area contributed by atoms with Crippen molar-refractivity contribution in [1.29, 1.82) is 0 Å². The van der Waals surface area contributed by atoms with Crippen LogP contribution in [0.2, 0.25) is 0 Å². The van der Waals surface area contributed by atoms with Gasteiger partial charge in [-0.15, -0.1) is 11.6 Å². The average Bonchev–Trinajstić information content (AvgIpc) is 2.41. The van der Waals surface area contributed by atoms with Gasteiger partial charge in [0, 0.05) is 38.2 Å². The van der Waals surface area contributed by atoms with Crippen LogP contribution in [0.3, 0.4) is 0 Å². The highest BCUT2D eigenvalue weighted by Crippen LogP contribution is 2.29. The quantitative estimate of drug-likeness (QED) is 0.606. The van der Waals surface area contributed by atoms with Crippen molar-refractivity contribution in [2.75, 3.05) is 25.2 Å². The zero-order valence-corrected chi connectivity index (χ0v) is 11.4. The number of methoxy groups -OCH3 is 1. The molecular formula is C14H18ClNO2. The standard InChI is InChI=1S/C14H18ClNO2/c1-18-8-2-7-16-13-9-11(10-15)3-4-12(13)5-6-14(16)17/h3-4,9H,2,5-8,10H2,1H3. The Labute approximate surface area is 113 Å². The number of rotatable bonds is 5. The summed E-state index contributed by atoms with van der Waals surface area (Å²) in [5, 5.41) is 0. The van der Waals surface area contributed by atoms with Crippen LogP contribution >= 0.6 is 11.6 Å². The number of hydrogen-bond donors (Lipinski definition) is 0. The minimum Gasteiger partial charge on any atom is -0.385 e. The molecule has 4 heteroatoms. The molecule has 1 heterocycles. The number of halogens is 1. The molecule has 2 rings (SSSR count). The molecule has 0 aromatic heterocycles. The van der Waals surface area contributed by atoms with Crippen molar-refractivity contribution in [1.82, 2.24) is 0 Å². The van der Waals surface area contributed by atoms with E-state index in [9.17, 15) is 4.79 Å². The van der Waals surface area contributed by atoms with Crippen LogP contribution in [0, 0.1) is 0 Å². The number of carbonyl (C=O) groups excluding carboxylic acids is 1. The van der Waals surface area contributed by atoms with Gasteiger partial charge in [0.15, 0.2) is 0 Å². The summed E-state index contributed by atoms with van der Waals surface area (Å²) < 4.78 is 5.04. The zero-order valence-electron chi connectivity index (χ0n) is 10.6. The lowest BCUT2D eigenvalue weighted by Crippen LogP contribution is -2.36. The van der Waals surface area contributed by atoms with Crippen LogP contribution < -0.4 is 4.90 Å².